The number of benzene rings is 1. The Kier molecular flexibility index (Phi) is 3.49. The van der Waals surface area contributed by atoms with Gasteiger partial charge >= 0.3 is 0 Å². The minimum atomic E-state index is 0.625. The summed E-state index contributed by atoms with van der Waals surface area (Å²) in [6, 6.07) is 6.59. The van der Waals surface area contributed by atoms with Gasteiger partial charge in [0.1, 0.15) is 0 Å². The van der Waals surface area contributed by atoms with Crippen molar-refractivity contribution in [2.75, 3.05) is 18.4 Å². The smallest absolute Gasteiger partial charge is 0.0410 e. The van der Waals surface area contributed by atoms with E-state index in [9.17, 15) is 0 Å². The van der Waals surface area contributed by atoms with Crippen LogP contribution in [0.4, 0.5) is 5.69 Å². The second kappa shape index (κ2) is 4.86. The molecule has 1 fully saturated rings. The minimum Gasteiger partial charge on any atom is -0.383 e. The second-order valence-corrected chi connectivity index (χ2v) is 4.57. The van der Waals surface area contributed by atoms with Crippen LogP contribution in [0.5, 0.6) is 0 Å². The van der Waals surface area contributed by atoms with Crippen LogP contribution in [-0.4, -0.2) is 19.1 Å². The first-order valence-corrected chi connectivity index (χ1v) is 5.87. The van der Waals surface area contributed by atoms with E-state index in [4.69, 9.17) is 11.6 Å². The summed E-state index contributed by atoms with van der Waals surface area (Å²) < 4.78 is 0. The molecule has 15 heavy (non-hydrogen) atoms. The van der Waals surface area contributed by atoms with Crippen molar-refractivity contribution in [3.63, 3.8) is 0 Å². The van der Waals surface area contributed by atoms with Gasteiger partial charge in [0.15, 0.2) is 0 Å². The Bertz CT molecular complexity index is 332. The Morgan fingerprint density at radius 3 is 3.07 bits per heavy atom. The Morgan fingerprint density at radius 1 is 1.53 bits per heavy atom. The van der Waals surface area contributed by atoms with Crippen LogP contribution in [0.3, 0.4) is 0 Å². The van der Waals surface area contributed by atoms with Crippen LogP contribution in [-0.2, 0) is 0 Å². The van der Waals surface area contributed by atoms with E-state index in [1.807, 2.05) is 18.2 Å². The number of aryl methyl sites for hydroxylation is 1. The molecule has 82 valence electrons. The first-order chi connectivity index (χ1) is 7.25. The molecule has 0 aromatic heterocycles. The minimum absolute atomic E-state index is 0.625. The van der Waals surface area contributed by atoms with E-state index >= 15 is 0 Å². The molecule has 1 atom stereocenters. The van der Waals surface area contributed by atoms with Crippen LogP contribution in [0.15, 0.2) is 18.2 Å². The lowest BCUT2D eigenvalue weighted by atomic mass is 10.2. The van der Waals surface area contributed by atoms with Gasteiger partial charge in [-0.25, -0.2) is 0 Å². The third kappa shape index (κ3) is 2.86. The van der Waals surface area contributed by atoms with E-state index < -0.39 is 0 Å². The lowest BCUT2D eigenvalue weighted by molar-refractivity contribution is 0.633. The van der Waals surface area contributed by atoms with Crippen LogP contribution >= 0.6 is 11.6 Å². The lowest BCUT2D eigenvalue weighted by Crippen LogP contribution is -2.29. The molecule has 0 aliphatic carbocycles. The van der Waals surface area contributed by atoms with Crippen molar-refractivity contribution in [1.29, 1.82) is 0 Å². The number of hydrogen-bond donors (Lipinski definition) is 2. The number of nitrogens with one attached hydrogen (secondary N) is 2. The zero-order chi connectivity index (χ0) is 10.7. The molecular formula is C12H17ClN2. The van der Waals surface area contributed by atoms with E-state index in [-0.39, 0.29) is 0 Å². The Hall–Kier alpha value is -0.730. The fraction of sp³-hybridized carbons (Fsp3) is 0.500. The van der Waals surface area contributed by atoms with Gasteiger partial charge in [-0.3, -0.25) is 0 Å². The molecule has 1 saturated heterocycles. The highest BCUT2D eigenvalue weighted by Crippen LogP contribution is 2.19. The number of rotatable bonds is 3. The summed E-state index contributed by atoms with van der Waals surface area (Å²) in [5.74, 6) is 0. The Balaban J connectivity index is 1.92. The van der Waals surface area contributed by atoms with Gasteiger partial charge in [0, 0.05) is 23.3 Å². The molecule has 1 heterocycles. The summed E-state index contributed by atoms with van der Waals surface area (Å²) in [4.78, 5) is 0. The van der Waals surface area contributed by atoms with Crippen LogP contribution in [0, 0.1) is 6.92 Å². The van der Waals surface area contributed by atoms with Gasteiger partial charge in [-0.05, 0) is 50.1 Å². The topological polar surface area (TPSA) is 24.1 Å². The van der Waals surface area contributed by atoms with Gasteiger partial charge in [0.2, 0.25) is 0 Å². The summed E-state index contributed by atoms with van der Waals surface area (Å²) in [6.07, 6.45) is 2.57. The highest BCUT2D eigenvalue weighted by molar-refractivity contribution is 6.30. The standard InChI is InChI=1S/C12H17ClN2/c1-9-7-10(13)4-5-12(9)15-8-11-3-2-6-14-11/h4-5,7,11,14-15H,2-3,6,8H2,1H3. The molecule has 1 aromatic rings. The van der Waals surface area contributed by atoms with E-state index in [2.05, 4.69) is 17.6 Å². The van der Waals surface area contributed by atoms with Crippen molar-refractivity contribution < 1.29 is 0 Å². The monoisotopic (exact) mass is 224 g/mol. The molecule has 2 N–H and O–H groups in total. The van der Waals surface area contributed by atoms with Gasteiger partial charge < -0.3 is 10.6 Å². The van der Waals surface area contributed by atoms with Crippen molar-refractivity contribution in [3.05, 3.63) is 28.8 Å². The molecule has 0 saturated carbocycles. The fourth-order valence-electron chi connectivity index (χ4n) is 1.99. The molecular weight excluding hydrogens is 208 g/mol. The zero-order valence-corrected chi connectivity index (χ0v) is 9.77. The average Bonchev–Trinajstić information content (AvgIpc) is 2.69. The molecule has 0 amide bonds. The van der Waals surface area contributed by atoms with Crippen molar-refractivity contribution in [3.8, 4) is 0 Å². The summed E-state index contributed by atoms with van der Waals surface area (Å²) in [5.41, 5.74) is 2.40. The summed E-state index contributed by atoms with van der Waals surface area (Å²) in [7, 11) is 0. The van der Waals surface area contributed by atoms with Crippen LogP contribution in [0.25, 0.3) is 0 Å². The van der Waals surface area contributed by atoms with E-state index in [1.165, 1.54) is 24.1 Å². The van der Waals surface area contributed by atoms with Crippen LogP contribution < -0.4 is 10.6 Å². The van der Waals surface area contributed by atoms with Crippen molar-refractivity contribution in [1.82, 2.24) is 5.32 Å². The summed E-state index contributed by atoms with van der Waals surface area (Å²) in [5, 5.41) is 7.73. The fourth-order valence-corrected chi connectivity index (χ4v) is 2.22. The van der Waals surface area contributed by atoms with E-state index in [0.29, 0.717) is 6.04 Å². The molecule has 2 rings (SSSR count). The lowest BCUT2D eigenvalue weighted by Gasteiger charge is -2.14. The molecule has 1 aromatic carbocycles. The number of hydrogen-bond acceptors (Lipinski definition) is 2. The molecule has 0 spiro atoms. The van der Waals surface area contributed by atoms with E-state index in [1.54, 1.807) is 0 Å². The third-order valence-corrected chi connectivity index (χ3v) is 3.12. The first-order valence-electron chi connectivity index (χ1n) is 5.49. The second-order valence-electron chi connectivity index (χ2n) is 4.13. The van der Waals surface area contributed by atoms with Crippen molar-refractivity contribution in [2.24, 2.45) is 0 Å². The Morgan fingerprint density at radius 2 is 2.40 bits per heavy atom. The van der Waals surface area contributed by atoms with Gasteiger partial charge in [0.25, 0.3) is 0 Å². The highest BCUT2D eigenvalue weighted by Gasteiger charge is 2.13. The first kappa shape index (κ1) is 10.8. The van der Waals surface area contributed by atoms with Crippen molar-refractivity contribution in [2.45, 2.75) is 25.8 Å². The van der Waals surface area contributed by atoms with Crippen LogP contribution in [0.2, 0.25) is 5.02 Å². The molecule has 2 nitrogen and oxygen atoms in total. The van der Waals surface area contributed by atoms with Gasteiger partial charge in [-0.15, -0.1) is 0 Å². The molecule has 0 bridgehead atoms. The molecule has 1 aliphatic rings. The summed E-state index contributed by atoms with van der Waals surface area (Å²) >= 11 is 5.90. The zero-order valence-electron chi connectivity index (χ0n) is 9.02. The third-order valence-electron chi connectivity index (χ3n) is 2.89. The average molecular weight is 225 g/mol. The predicted molar refractivity (Wildman–Crippen MR) is 65.7 cm³/mol. The SMILES string of the molecule is Cc1cc(Cl)ccc1NCC1CCCN1. The maximum absolute atomic E-state index is 5.90. The largest absolute Gasteiger partial charge is 0.383 e. The molecule has 1 unspecified atom stereocenters. The van der Waals surface area contributed by atoms with Gasteiger partial charge in [-0.1, -0.05) is 11.6 Å². The number of halogens is 1. The maximum Gasteiger partial charge on any atom is 0.0410 e. The Labute approximate surface area is 96.0 Å². The summed E-state index contributed by atoms with van der Waals surface area (Å²) in [6.45, 7) is 4.24. The molecule has 1 aliphatic heterocycles. The van der Waals surface area contributed by atoms with Gasteiger partial charge in [0.05, 0.1) is 0 Å². The van der Waals surface area contributed by atoms with Crippen molar-refractivity contribution >= 4 is 17.3 Å². The molecule has 0 radical (unpaired) electrons. The highest BCUT2D eigenvalue weighted by atomic mass is 35.5. The normalized spacial score (nSPS) is 20.5. The van der Waals surface area contributed by atoms with Gasteiger partial charge in [-0.2, -0.15) is 0 Å². The quantitative estimate of drug-likeness (QED) is 0.825. The maximum atomic E-state index is 5.90. The number of anilines is 1. The molecule has 3 heteroatoms. The van der Waals surface area contributed by atoms with E-state index in [0.717, 1.165) is 18.1 Å². The predicted octanol–water partition coefficient (Wildman–Crippen LogP) is 2.81. The van der Waals surface area contributed by atoms with Crippen LogP contribution in [0.1, 0.15) is 18.4 Å².